The minimum Gasteiger partial charge on any atom is -0.473 e. The van der Waals surface area contributed by atoms with Crippen LogP contribution in [0.2, 0.25) is 0 Å². The molecule has 0 bridgehead atoms. The van der Waals surface area contributed by atoms with Gasteiger partial charge in [0.15, 0.2) is 0 Å². The average Bonchev–Trinajstić information content (AvgIpc) is 2.38. The van der Waals surface area contributed by atoms with Gasteiger partial charge in [-0.3, -0.25) is 0 Å². The smallest absolute Gasteiger partial charge is 0.241 e. The van der Waals surface area contributed by atoms with Gasteiger partial charge in [-0.15, -0.1) is 0 Å². The molecule has 4 nitrogen and oxygen atoms in total. The van der Waals surface area contributed by atoms with E-state index in [2.05, 4.69) is 42.0 Å². The van der Waals surface area contributed by atoms with Crippen LogP contribution in [0, 0.1) is 13.8 Å². The number of benzene rings is 1. The molecule has 0 aliphatic heterocycles. The lowest BCUT2D eigenvalue weighted by molar-refractivity contribution is 0.233. The molecular formula is C15H19N3OS. The van der Waals surface area contributed by atoms with Gasteiger partial charge in [-0.05, 0) is 51.0 Å². The van der Waals surface area contributed by atoms with E-state index in [1.807, 2.05) is 13.8 Å². The van der Waals surface area contributed by atoms with Crippen molar-refractivity contribution in [3.05, 3.63) is 35.7 Å². The van der Waals surface area contributed by atoms with Gasteiger partial charge >= 0.3 is 0 Å². The molecule has 1 aromatic carbocycles. The first-order valence-electron chi connectivity index (χ1n) is 6.49. The largest absolute Gasteiger partial charge is 0.473 e. The van der Waals surface area contributed by atoms with Crippen molar-refractivity contribution in [2.75, 3.05) is 5.73 Å². The number of nitrogens with zero attached hydrogens (tertiary/aromatic N) is 2. The minimum absolute atomic E-state index is 0.0340. The number of nitrogens with two attached hydrogens (primary N) is 1. The third-order valence-corrected chi connectivity index (χ3v) is 3.86. The first-order valence-corrected chi connectivity index (χ1v) is 7.31. The lowest BCUT2D eigenvalue weighted by Crippen LogP contribution is -2.09. The van der Waals surface area contributed by atoms with Gasteiger partial charge in [0.1, 0.15) is 17.0 Å². The molecule has 0 aliphatic rings. The molecule has 0 spiro atoms. The molecule has 2 rings (SSSR count). The number of aryl methyl sites for hydroxylation is 2. The molecule has 1 heterocycles. The summed E-state index contributed by atoms with van der Waals surface area (Å²) in [6, 6.07) is 6.29. The molecule has 2 aromatic rings. The normalized spacial score (nSPS) is 10.8. The van der Waals surface area contributed by atoms with Gasteiger partial charge in [0.05, 0.1) is 6.10 Å². The third kappa shape index (κ3) is 3.42. The standard InChI is InChI=1S/C15H19N3OS/c1-9(2)19-14-13(16)15(18-8-17-14)20-12-6-5-10(3)11(4)7-12/h5-9H,16H2,1-4H3. The van der Waals surface area contributed by atoms with Crippen LogP contribution in [0.4, 0.5) is 5.69 Å². The first kappa shape index (κ1) is 14.7. The van der Waals surface area contributed by atoms with Crippen molar-refractivity contribution in [3.8, 4) is 5.88 Å². The van der Waals surface area contributed by atoms with Gasteiger partial charge in [-0.2, -0.15) is 4.98 Å². The highest BCUT2D eigenvalue weighted by Crippen LogP contribution is 2.34. The van der Waals surface area contributed by atoms with Crippen molar-refractivity contribution in [2.45, 2.75) is 43.7 Å². The fraction of sp³-hybridized carbons (Fsp3) is 0.333. The fourth-order valence-electron chi connectivity index (χ4n) is 1.65. The Morgan fingerprint density at radius 1 is 1.15 bits per heavy atom. The SMILES string of the molecule is Cc1ccc(Sc2ncnc(OC(C)C)c2N)cc1C. The summed E-state index contributed by atoms with van der Waals surface area (Å²) in [4.78, 5) is 9.43. The van der Waals surface area contributed by atoms with Gasteiger partial charge in [-0.1, -0.05) is 17.8 Å². The summed E-state index contributed by atoms with van der Waals surface area (Å²) in [5.41, 5.74) is 9.09. The van der Waals surface area contributed by atoms with Gasteiger partial charge < -0.3 is 10.5 Å². The van der Waals surface area contributed by atoms with E-state index in [0.717, 1.165) is 9.92 Å². The zero-order chi connectivity index (χ0) is 14.7. The van der Waals surface area contributed by atoms with Gasteiger partial charge in [0, 0.05) is 4.90 Å². The van der Waals surface area contributed by atoms with Crippen molar-refractivity contribution in [1.29, 1.82) is 0 Å². The Morgan fingerprint density at radius 2 is 1.90 bits per heavy atom. The number of hydrogen-bond acceptors (Lipinski definition) is 5. The summed E-state index contributed by atoms with van der Waals surface area (Å²) in [6.07, 6.45) is 1.52. The topological polar surface area (TPSA) is 61.0 Å². The Morgan fingerprint density at radius 3 is 2.55 bits per heavy atom. The minimum atomic E-state index is 0.0340. The number of anilines is 1. The van der Waals surface area contributed by atoms with Gasteiger partial charge in [0.2, 0.25) is 5.88 Å². The molecule has 0 fully saturated rings. The van der Waals surface area contributed by atoms with E-state index in [9.17, 15) is 0 Å². The van der Waals surface area contributed by atoms with Crippen LogP contribution in [0.15, 0.2) is 34.4 Å². The number of hydrogen-bond donors (Lipinski definition) is 1. The molecule has 0 atom stereocenters. The van der Waals surface area contributed by atoms with Gasteiger partial charge in [-0.25, -0.2) is 4.98 Å². The molecule has 106 valence electrons. The van der Waals surface area contributed by atoms with Crippen molar-refractivity contribution < 1.29 is 4.74 Å². The Hall–Kier alpha value is -1.75. The first-order chi connectivity index (χ1) is 9.47. The van der Waals surface area contributed by atoms with Crippen LogP contribution in [-0.2, 0) is 0 Å². The zero-order valence-electron chi connectivity index (χ0n) is 12.2. The monoisotopic (exact) mass is 289 g/mol. The molecule has 0 saturated carbocycles. The summed E-state index contributed by atoms with van der Waals surface area (Å²) in [5, 5.41) is 0.721. The number of nitrogen functional groups attached to an aromatic ring is 1. The van der Waals surface area contributed by atoms with Crippen LogP contribution in [0.1, 0.15) is 25.0 Å². The Kier molecular flexibility index (Phi) is 4.49. The van der Waals surface area contributed by atoms with E-state index >= 15 is 0 Å². The highest BCUT2D eigenvalue weighted by molar-refractivity contribution is 7.99. The maximum Gasteiger partial charge on any atom is 0.241 e. The van der Waals surface area contributed by atoms with E-state index in [1.165, 1.54) is 29.2 Å². The molecule has 20 heavy (non-hydrogen) atoms. The van der Waals surface area contributed by atoms with Crippen molar-refractivity contribution in [1.82, 2.24) is 9.97 Å². The fourth-order valence-corrected chi connectivity index (χ4v) is 2.54. The van der Waals surface area contributed by atoms with E-state index < -0.39 is 0 Å². The summed E-state index contributed by atoms with van der Waals surface area (Å²) in [6.45, 7) is 8.07. The summed E-state index contributed by atoms with van der Waals surface area (Å²) >= 11 is 1.52. The molecule has 0 unspecified atom stereocenters. The third-order valence-electron chi connectivity index (χ3n) is 2.85. The second kappa shape index (κ2) is 6.13. The van der Waals surface area contributed by atoms with E-state index in [0.29, 0.717) is 11.6 Å². The molecule has 5 heteroatoms. The average molecular weight is 289 g/mol. The quantitative estimate of drug-likeness (QED) is 0.871. The molecule has 0 aliphatic carbocycles. The zero-order valence-corrected chi connectivity index (χ0v) is 13.0. The second-order valence-electron chi connectivity index (χ2n) is 4.91. The maximum absolute atomic E-state index is 6.08. The second-order valence-corrected chi connectivity index (χ2v) is 5.97. The highest BCUT2D eigenvalue weighted by atomic mass is 32.2. The summed E-state index contributed by atoms with van der Waals surface area (Å²) in [7, 11) is 0. The van der Waals surface area contributed by atoms with E-state index in [4.69, 9.17) is 10.5 Å². The number of ether oxygens (including phenoxy) is 1. The number of rotatable bonds is 4. The Bertz CT molecular complexity index is 614. The predicted octanol–water partition coefficient (Wildman–Crippen LogP) is 3.61. The van der Waals surface area contributed by atoms with E-state index in [-0.39, 0.29) is 6.10 Å². The van der Waals surface area contributed by atoms with Gasteiger partial charge in [0.25, 0.3) is 0 Å². The lowest BCUT2D eigenvalue weighted by Gasteiger charge is -2.12. The van der Waals surface area contributed by atoms with Crippen LogP contribution in [0.25, 0.3) is 0 Å². The van der Waals surface area contributed by atoms with Crippen LogP contribution in [0.3, 0.4) is 0 Å². The lowest BCUT2D eigenvalue weighted by atomic mass is 10.1. The van der Waals surface area contributed by atoms with Crippen LogP contribution >= 0.6 is 11.8 Å². The molecule has 0 amide bonds. The van der Waals surface area contributed by atoms with Crippen LogP contribution < -0.4 is 10.5 Å². The van der Waals surface area contributed by atoms with Crippen molar-refractivity contribution in [3.63, 3.8) is 0 Å². The molecule has 0 radical (unpaired) electrons. The number of aromatic nitrogens is 2. The highest BCUT2D eigenvalue weighted by Gasteiger charge is 2.12. The van der Waals surface area contributed by atoms with Crippen LogP contribution in [0.5, 0.6) is 5.88 Å². The maximum atomic E-state index is 6.08. The summed E-state index contributed by atoms with van der Waals surface area (Å²) in [5.74, 6) is 0.446. The molecule has 0 saturated heterocycles. The molecule has 1 aromatic heterocycles. The predicted molar refractivity (Wildman–Crippen MR) is 82.2 cm³/mol. The van der Waals surface area contributed by atoms with Crippen LogP contribution in [-0.4, -0.2) is 16.1 Å². The molecule has 2 N–H and O–H groups in total. The van der Waals surface area contributed by atoms with E-state index in [1.54, 1.807) is 0 Å². The Balaban J connectivity index is 2.27. The molecular weight excluding hydrogens is 270 g/mol. The summed E-state index contributed by atoms with van der Waals surface area (Å²) < 4.78 is 5.58. The van der Waals surface area contributed by atoms with Crippen molar-refractivity contribution >= 4 is 17.4 Å². The van der Waals surface area contributed by atoms with Crippen molar-refractivity contribution in [2.24, 2.45) is 0 Å². The Labute approximate surface area is 123 Å².